The van der Waals surface area contributed by atoms with Gasteiger partial charge in [0.1, 0.15) is 9.88 Å². The molecule has 3 N–H and O–H groups in total. The summed E-state index contributed by atoms with van der Waals surface area (Å²) >= 11 is 3.11. The van der Waals surface area contributed by atoms with Crippen molar-refractivity contribution >= 4 is 39.7 Å². The summed E-state index contributed by atoms with van der Waals surface area (Å²) in [6.07, 6.45) is 6.96. The Labute approximate surface area is 135 Å². The first kappa shape index (κ1) is 16.5. The molecule has 0 spiro atoms. The molecule has 0 unspecified atom stereocenters. The molecule has 0 aliphatic heterocycles. The van der Waals surface area contributed by atoms with Gasteiger partial charge in [-0.05, 0) is 37.9 Å². The van der Waals surface area contributed by atoms with Crippen molar-refractivity contribution in [2.45, 2.75) is 43.5 Å². The third kappa shape index (κ3) is 3.66. The highest BCUT2D eigenvalue weighted by Gasteiger charge is 2.24. The molecule has 0 bridgehead atoms. The number of nitrogens with zero attached hydrogens (tertiary/aromatic N) is 1. The SMILES string of the molecule is CSc1c(NC2CCC(C)CC2)sc(C(=O)N(C)C)c1N. The number of nitrogens with one attached hydrogen (secondary N) is 1. The first-order valence-electron chi connectivity index (χ1n) is 7.38. The van der Waals surface area contributed by atoms with E-state index in [1.165, 1.54) is 37.0 Å². The van der Waals surface area contributed by atoms with Crippen LogP contribution in [0.25, 0.3) is 0 Å². The minimum atomic E-state index is -0.0156. The molecule has 4 nitrogen and oxygen atoms in total. The lowest BCUT2D eigenvalue weighted by atomic mass is 9.87. The van der Waals surface area contributed by atoms with E-state index in [4.69, 9.17) is 5.73 Å². The van der Waals surface area contributed by atoms with Crippen molar-refractivity contribution < 1.29 is 4.79 Å². The summed E-state index contributed by atoms with van der Waals surface area (Å²) in [4.78, 5) is 15.4. The van der Waals surface area contributed by atoms with E-state index in [2.05, 4.69) is 12.2 Å². The summed E-state index contributed by atoms with van der Waals surface area (Å²) in [6, 6.07) is 0.507. The molecule has 0 radical (unpaired) electrons. The van der Waals surface area contributed by atoms with Crippen LogP contribution in [0.4, 0.5) is 10.7 Å². The number of rotatable bonds is 4. The average Bonchev–Trinajstić information content (AvgIpc) is 2.76. The third-order valence-corrected chi connectivity index (χ3v) is 6.14. The van der Waals surface area contributed by atoms with Crippen molar-refractivity contribution in [3.05, 3.63) is 4.88 Å². The second kappa shape index (κ2) is 6.92. The highest BCUT2D eigenvalue weighted by molar-refractivity contribution is 7.99. The number of carbonyl (C=O) groups excluding carboxylic acids is 1. The zero-order chi connectivity index (χ0) is 15.6. The van der Waals surface area contributed by atoms with Crippen LogP contribution in [0.1, 0.15) is 42.3 Å². The Kier molecular flexibility index (Phi) is 5.43. The second-order valence-corrected chi connectivity index (χ2v) is 7.85. The van der Waals surface area contributed by atoms with Crippen molar-refractivity contribution in [2.75, 3.05) is 31.4 Å². The zero-order valence-corrected chi connectivity index (χ0v) is 14.9. The fraction of sp³-hybridized carbons (Fsp3) is 0.667. The van der Waals surface area contributed by atoms with Gasteiger partial charge in [0.2, 0.25) is 0 Å². The molecule has 1 aliphatic carbocycles. The smallest absolute Gasteiger partial charge is 0.265 e. The normalized spacial score (nSPS) is 22.1. The number of thiophene rings is 1. The quantitative estimate of drug-likeness (QED) is 0.827. The van der Waals surface area contributed by atoms with Gasteiger partial charge in [-0.2, -0.15) is 0 Å². The average molecular weight is 328 g/mol. The predicted molar refractivity (Wildman–Crippen MR) is 93.6 cm³/mol. The molecule has 21 heavy (non-hydrogen) atoms. The van der Waals surface area contributed by atoms with E-state index < -0.39 is 0 Å². The predicted octanol–water partition coefficient (Wildman–Crippen LogP) is 3.74. The number of thioether (sulfide) groups is 1. The van der Waals surface area contributed by atoms with Gasteiger partial charge in [0.15, 0.2) is 0 Å². The maximum atomic E-state index is 12.2. The highest BCUT2D eigenvalue weighted by Crippen LogP contribution is 2.43. The molecule has 118 valence electrons. The van der Waals surface area contributed by atoms with Gasteiger partial charge < -0.3 is 16.0 Å². The van der Waals surface area contributed by atoms with Crippen molar-refractivity contribution in [1.29, 1.82) is 0 Å². The van der Waals surface area contributed by atoms with Crippen LogP contribution in [0.2, 0.25) is 0 Å². The number of nitrogen functional groups attached to an aromatic ring is 1. The van der Waals surface area contributed by atoms with Crippen molar-refractivity contribution in [1.82, 2.24) is 4.90 Å². The molecular formula is C15H25N3OS2. The first-order valence-corrected chi connectivity index (χ1v) is 9.42. The maximum absolute atomic E-state index is 12.2. The fourth-order valence-electron chi connectivity index (χ4n) is 2.68. The molecule has 1 saturated carbocycles. The molecule has 6 heteroatoms. The topological polar surface area (TPSA) is 58.4 Å². The Morgan fingerprint density at radius 3 is 2.48 bits per heavy atom. The van der Waals surface area contributed by atoms with E-state index in [1.54, 1.807) is 30.8 Å². The minimum absolute atomic E-state index is 0.0156. The summed E-state index contributed by atoms with van der Waals surface area (Å²) < 4.78 is 0. The molecule has 0 saturated heterocycles. The Morgan fingerprint density at radius 1 is 1.33 bits per heavy atom. The van der Waals surface area contributed by atoms with Gasteiger partial charge in [-0.1, -0.05) is 6.92 Å². The van der Waals surface area contributed by atoms with Crippen LogP contribution in [-0.4, -0.2) is 37.2 Å². The van der Waals surface area contributed by atoms with Gasteiger partial charge in [-0.3, -0.25) is 4.79 Å². The van der Waals surface area contributed by atoms with Crippen molar-refractivity contribution in [3.8, 4) is 0 Å². The number of amides is 1. The maximum Gasteiger partial charge on any atom is 0.265 e. The standard InChI is InChI=1S/C15H25N3OS2/c1-9-5-7-10(8-6-9)17-14-12(20-4)11(16)13(21-14)15(19)18(2)3/h9-10,17H,5-8,16H2,1-4H3. The number of carbonyl (C=O) groups is 1. The fourth-order valence-corrected chi connectivity index (χ4v) is 4.80. The Balaban J connectivity index is 2.19. The molecule has 1 aromatic heterocycles. The van der Waals surface area contributed by atoms with Crippen LogP contribution in [0.3, 0.4) is 0 Å². The largest absolute Gasteiger partial charge is 0.396 e. The van der Waals surface area contributed by atoms with Crippen molar-refractivity contribution in [2.24, 2.45) is 5.92 Å². The molecular weight excluding hydrogens is 302 g/mol. The summed E-state index contributed by atoms with van der Waals surface area (Å²) in [6.45, 7) is 2.32. The number of hydrogen-bond acceptors (Lipinski definition) is 5. The highest BCUT2D eigenvalue weighted by atomic mass is 32.2. The lowest BCUT2D eigenvalue weighted by Crippen LogP contribution is -2.24. The van der Waals surface area contributed by atoms with Crippen LogP contribution in [-0.2, 0) is 0 Å². The number of hydrogen-bond donors (Lipinski definition) is 2. The lowest BCUT2D eigenvalue weighted by molar-refractivity contribution is 0.0833. The Bertz CT molecular complexity index is 505. The minimum Gasteiger partial charge on any atom is -0.396 e. The molecule has 0 aromatic carbocycles. The molecule has 1 amide bonds. The summed E-state index contributed by atoms with van der Waals surface area (Å²) in [5, 5.41) is 4.68. The van der Waals surface area contributed by atoms with Gasteiger partial charge in [-0.15, -0.1) is 23.1 Å². The van der Waals surface area contributed by atoms with Crippen LogP contribution in [0, 0.1) is 5.92 Å². The van der Waals surface area contributed by atoms with E-state index in [9.17, 15) is 4.79 Å². The van der Waals surface area contributed by atoms with Crippen LogP contribution < -0.4 is 11.1 Å². The zero-order valence-electron chi connectivity index (χ0n) is 13.2. The molecule has 1 heterocycles. The summed E-state index contributed by atoms with van der Waals surface area (Å²) in [7, 11) is 3.52. The Morgan fingerprint density at radius 2 is 1.95 bits per heavy atom. The van der Waals surface area contributed by atoms with Crippen LogP contribution in [0.15, 0.2) is 4.90 Å². The van der Waals surface area contributed by atoms with E-state index in [1.807, 2.05) is 6.26 Å². The van der Waals surface area contributed by atoms with Gasteiger partial charge in [0.25, 0.3) is 5.91 Å². The lowest BCUT2D eigenvalue weighted by Gasteiger charge is -2.27. The van der Waals surface area contributed by atoms with Gasteiger partial charge >= 0.3 is 0 Å². The van der Waals surface area contributed by atoms with Crippen molar-refractivity contribution in [3.63, 3.8) is 0 Å². The third-order valence-electron chi connectivity index (χ3n) is 4.06. The van der Waals surface area contributed by atoms with E-state index in [0.29, 0.717) is 16.6 Å². The monoisotopic (exact) mass is 327 g/mol. The second-order valence-electron chi connectivity index (χ2n) is 6.01. The number of anilines is 2. The van der Waals surface area contributed by atoms with E-state index in [0.717, 1.165) is 15.8 Å². The van der Waals surface area contributed by atoms with Gasteiger partial charge in [-0.25, -0.2) is 0 Å². The van der Waals surface area contributed by atoms with Gasteiger partial charge in [0.05, 0.1) is 10.6 Å². The van der Waals surface area contributed by atoms with Crippen LogP contribution >= 0.6 is 23.1 Å². The number of nitrogens with two attached hydrogens (primary N) is 1. The molecule has 0 atom stereocenters. The van der Waals surface area contributed by atoms with Gasteiger partial charge in [0, 0.05) is 20.1 Å². The van der Waals surface area contributed by atoms with E-state index >= 15 is 0 Å². The first-order chi connectivity index (χ1) is 9.93. The molecule has 1 aliphatic rings. The Hall–Kier alpha value is -0.880. The van der Waals surface area contributed by atoms with E-state index in [-0.39, 0.29) is 5.91 Å². The molecule has 1 fully saturated rings. The van der Waals surface area contributed by atoms with Crippen LogP contribution in [0.5, 0.6) is 0 Å². The molecule has 2 rings (SSSR count). The summed E-state index contributed by atoms with van der Waals surface area (Å²) in [5.74, 6) is 0.820. The molecule has 1 aromatic rings. The summed E-state index contributed by atoms with van der Waals surface area (Å²) in [5.41, 5.74) is 6.81.